The Kier molecular flexibility index (Phi) is 2.93. The molecule has 1 amide bonds. The number of amides is 1. The molecule has 0 aliphatic carbocycles. The van der Waals surface area contributed by atoms with Crippen LogP contribution in [0.3, 0.4) is 0 Å². The van der Waals surface area contributed by atoms with Crippen molar-refractivity contribution in [2.75, 3.05) is 14.1 Å². The van der Waals surface area contributed by atoms with Gasteiger partial charge in [0.05, 0.1) is 11.0 Å². The normalized spacial score (nSPS) is 10.8. The molecule has 2 aromatic rings. The second-order valence-electron chi connectivity index (χ2n) is 3.97. The highest BCUT2D eigenvalue weighted by Gasteiger charge is 2.11. The van der Waals surface area contributed by atoms with E-state index >= 15 is 0 Å². The van der Waals surface area contributed by atoms with Gasteiger partial charge in [-0.1, -0.05) is 11.6 Å². The summed E-state index contributed by atoms with van der Waals surface area (Å²) in [5.74, 6) is -0.136. The van der Waals surface area contributed by atoms with Gasteiger partial charge in [0, 0.05) is 19.1 Å². The summed E-state index contributed by atoms with van der Waals surface area (Å²) in [6.45, 7) is 0.0213. The molecule has 0 fully saturated rings. The van der Waals surface area contributed by atoms with Gasteiger partial charge in [0.25, 0.3) is 0 Å². The molecule has 0 radical (unpaired) electrons. The van der Waals surface area contributed by atoms with E-state index in [1.807, 2.05) is 0 Å². The average molecular weight is 254 g/mol. The third-order valence-corrected chi connectivity index (χ3v) is 2.76. The zero-order chi connectivity index (χ0) is 12.6. The number of H-pyrrole nitrogens is 1. The number of nitrogens with zero attached hydrogens (tertiary/aromatic N) is 2. The minimum Gasteiger partial charge on any atom is -0.347 e. The van der Waals surface area contributed by atoms with Crippen molar-refractivity contribution >= 4 is 28.5 Å². The van der Waals surface area contributed by atoms with Crippen LogP contribution in [-0.2, 0) is 11.3 Å². The van der Waals surface area contributed by atoms with Crippen molar-refractivity contribution in [2.24, 2.45) is 0 Å². The summed E-state index contributed by atoms with van der Waals surface area (Å²) in [5.41, 5.74) is 1.00. The fraction of sp³-hybridized carbons (Fsp3) is 0.273. The smallest absolute Gasteiger partial charge is 0.326 e. The largest absolute Gasteiger partial charge is 0.347 e. The van der Waals surface area contributed by atoms with Crippen molar-refractivity contribution in [3.63, 3.8) is 0 Å². The predicted octanol–water partition coefficient (Wildman–Crippen LogP) is 1.07. The third-order valence-electron chi connectivity index (χ3n) is 2.53. The number of fused-ring (bicyclic) bond motifs is 1. The molecule has 0 atom stereocenters. The second kappa shape index (κ2) is 4.25. The molecule has 0 unspecified atom stereocenters. The lowest BCUT2D eigenvalue weighted by Gasteiger charge is -2.10. The van der Waals surface area contributed by atoms with Crippen molar-refractivity contribution in [3.05, 3.63) is 33.7 Å². The Bertz CT molecular complexity index is 627. The van der Waals surface area contributed by atoms with Gasteiger partial charge >= 0.3 is 5.69 Å². The number of hydrogen-bond acceptors (Lipinski definition) is 2. The molecule has 17 heavy (non-hydrogen) atoms. The van der Waals surface area contributed by atoms with Crippen molar-refractivity contribution in [3.8, 4) is 0 Å². The van der Waals surface area contributed by atoms with Crippen LogP contribution in [0.5, 0.6) is 0 Å². The Labute approximate surface area is 103 Å². The van der Waals surface area contributed by atoms with Crippen LogP contribution in [0.15, 0.2) is 23.0 Å². The number of benzene rings is 1. The first-order valence-electron chi connectivity index (χ1n) is 5.07. The zero-order valence-electron chi connectivity index (χ0n) is 9.53. The molecule has 0 aliphatic rings. The molecule has 1 aromatic heterocycles. The quantitative estimate of drug-likeness (QED) is 0.870. The number of hydrogen-bond donors (Lipinski definition) is 1. The van der Waals surface area contributed by atoms with Crippen molar-refractivity contribution in [1.29, 1.82) is 0 Å². The van der Waals surface area contributed by atoms with Crippen LogP contribution in [0.4, 0.5) is 0 Å². The number of halogens is 1. The molecule has 90 valence electrons. The van der Waals surface area contributed by atoms with Crippen molar-refractivity contribution in [1.82, 2.24) is 14.5 Å². The first-order chi connectivity index (χ1) is 7.99. The molecule has 6 heteroatoms. The summed E-state index contributed by atoms with van der Waals surface area (Å²) >= 11 is 5.83. The van der Waals surface area contributed by atoms with Crippen LogP contribution in [0, 0.1) is 0 Å². The van der Waals surface area contributed by atoms with Gasteiger partial charge in [-0.15, -0.1) is 0 Å². The SMILES string of the molecule is CN(C)C(=O)Cn1c(=O)[nH]c2cc(Cl)ccc21. The topological polar surface area (TPSA) is 58.1 Å². The minimum absolute atomic E-state index is 0.0213. The van der Waals surface area contributed by atoms with Crippen LogP contribution < -0.4 is 5.69 Å². The second-order valence-corrected chi connectivity index (χ2v) is 4.40. The minimum atomic E-state index is -0.308. The van der Waals surface area contributed by atoms with E-state index in [1.54, 1.807) is 32.3 Å². The van der Waals surface area contributed by atoms with E-state index in [0.29, 0.717) is 16.1 Å². The van der Waals surface area contributed by atoms with E-state index in [9.17, 15) is 9.59 Å². The van der Waals surface area contributed by atoms with E-state index in [-0.39, 0.29) is 18.1 Å². The van der Waals surface area contributed by atoms with Gasteiger partial charge in [-0.2, -0.15) is 0 Å². The number of carbonyl (C=O) groups is 1. The highest BCUT2D eigenvalue weighted by Crippen LogP contribution is 2.16. The molecular formula is C11H12ClN3O2. The summed E-state index contributed by atoms with van der Waals surface area (Å²) in [7, 11) is 3.30. The van der Waals surface area contributed by atoms with Gasteiger partial charge in [-0.25, -0.2) is 4.79 Å². The van der Waals surface area contributed by atoms with Crippen LogP contribution in [0.2, 0.25) is 5.02 Å². The van der Waals surface area contributed by atoms with E-state index < -0.39 is 0 Å². The highest BCUT2D eigenvalue weighted by atomic mass is 35.5. The molecule has 0 spiro atoms. The fourth-order valence-corrected chi connectivity index (χ4v) is 1.74. The van der Waals surface area contributed by atoms with Gasteiger partial charge in [0.1, 0.15) is 6.54 Å². The maximum Gasteiger partial charge on any atom is 0.326 e. The van der Waals surface area contributed by atoms with Crippen molar-refractivity contribution < 1.29 is 4.79 Å². The third kappa shape index (κ3) is 2.19. The molecule has 0 bridgehead atoms. The van der Waals surface area contributed by atoms with Gasteiger partial charge in [-0.3, -0.25) is 9.36 Å². The van der Waals surface area contributed by atoms with Gasteiger partial charge < -0.3 is 9.88 Å². The first-order valence-corrected chi connectivity index (χ1v) is 5.45. The maximum atomic E-state index is 11.7. The van der Waals surface area contributed by atoms with E-state index in [1.165, 1.54) is 9.47 Å². The highest BCUT2D eigenvalue weighted by molar-refractivity contribution is 6.31. The van der Waals surface area contributed by atoms with E-state index in [4.69, 9.17) is 11.6 Å². The Hall–Kier alpha value is -1.75. The first kappa shape index (κ1) is 11.7. The Morgan fingerprint density at radius 1 is 1.47 bits per heavy atom. The average Bonchev–Trinajstić information content (AvgIpc) is 2.54. The maximum absolute atomic E-state index is 11.7. The number of aromatic nitrogens is 2. The standard InChI is InChI=1S/C11H12ClN3O2/c1-14(2)10(16)6-15-9-4-3-7(12)5-8(9)13-11(15)17/h3-5H,6H2,1-2H3,(H,13,17). The molecule has 1 N–H and O–H groups in total. The number of aromatic amines is 1. The number of likely N-dealkylation sites (N-methyl/N-ethyl adjacent to an activating group) is 1. The molecule has 0 aliphatic heterocycles. The molecule has 1 aromatic carbocycles. The lowest BCUT2D eigenvalue weighted by Crippen LogP contribution is -2.30. The van der Waals surface area contributed by atoms with Crippen LogP contribution in [0.25, 0.3) is 11.0 Å². The summed E-state index contributed by atoms with van der Waals surface area (Å²) in [4.78, 5) is 27.4. The van der Waals surface area contributed by atoms with Crippen LogP contribution in [-0.4, -0.2) is 34.5 Å². The summed E-state index contributed by atoms with van der Waals surface area (Å²) in [6.07, 6.45) is 0. The molecule has 1 heterocycles. The number of nitrogens with one attached hydrogen (secondary N) is 1. The summed E-state index contributed by atoms with van der Waals surface area (Å²) in [5, 5.41) is 0.546. The summed E-state index contributed by atoms with van der Waals surface area (Å²) < 4.78 is 1.40. The fourth-order valence-electron chi connectivity index (χ4n) is 1.57. The van der Waals surface area contributed by atoms with E-state index in [0.717, 1.165) is 0 Å². The number of carbonyl (C=O) groups excluding carboxylic acids is 1. The van der Waals surface area contributed by atoms with Gasteiger partial charge in [-0.05, 0) is 18.2 Å². The van der Waals surface area contributed by atoms with Gasteiger partial charge in [0.2, 0.25) is 5.91 Å². The lowest BCUT2D eigenvalue weighted by molar-refractivity contribution is -0.129. The van der Waals surface area contributed by atoms with Crippen LogP contribution >= 0.6 is 11.6 Å². The van der Waals surface area contributed by atoms with Crippen molar-refractivity contribution in [2.45, 2.75) is 6.54 Å². The Balaban J connectivity index is 2.50. The molecule has 2 rings (SSSR count). The Morgan fingerprint density at radius 3 is 2.82 bits per heavy atom. The zero-order valence-corrected chi connectivity index (χ0v) is 10.3. The Morgan fingerprint density at radius 2 is 2.18 bits per heavy atom. The summed E-state index contributed by atoms with van der Waals surface area (Å²) in [6, 6.07) is 5.07. The van der Waals surface area contributed by atoms with Gasteiger partial charge in [0.15, 0.2) is 0 Å². The molecule has 0 saturated heterocycles. The van der Waals surface area contributed by atoms with Crippen LogP contribution in [0.1, 0.15) is 0 Å². The monoisotopic (exact) mass is 253 g/mol. The molecule has 0 saturated carbocycles. The number of imidazole rings is 1. The molecular weight excluding hydrogens is 242 g/mol. The van der Waals surface area contributed by atoms with E-state index in [2.05, 4.69) is 4.98 Å². The number of rotatable bonds is 2. The lowest BCUT2D eigenvalue weighted by atomic mass is 10.3. The predicted molar refractivity (Wildman–Crippen MR) is 66.3 cm³/mol. The molecule has 5 nitrogen and oxygen atoms in total.